The second-order valence-electron chi connectivity index (χ2n) is 7.08. The minimum atomic E-state index is -0.490. The van der Waals surface area contributed by atoms with Gasteiger partial charge in [0.05, 0.1) is 23.0 Å². The Balaban J connectivity index is 2.12. The topological polar surface area (TPSA) is 53.5 Å². The first-order chi connectivity index (χ1) is 9.00. The predicted octanol–water partition coefficient (Wildman–Crippen LogP) is 1.95. The molecule has 5 nitrogen and oxygen atoms in total. The Kier molecular flexibility index (Phi) is 3.59. The van der Waals surface area contributed by atoms with Gasteiger partial charge in [0.1, 0.15) is 5.60 Å². The molecule has 0 N–H and O–H groups in total. The zero-order valence-corrected chi connectivity index (χ0v) is 13.4. The van der Waals surface area contributed by atoms with Crippen LogP contribution >= 0.6 is 0 Å². The molecule has 0 radical (unpaired) electrons. The molecule has 20 heavy (non-hydrogen) atoms. The lowest BCUT2D eigenvalue weighted by Crippen LogP contribution is -2.41. The first kappa shape index (κ1) is 15.3. The lowest BCUT2D eigenvalue weighted by molar-refractivity contribution is 0.00578. The Labute approximate surface area is 121 Å². The summed E-state index contributed by atoms with van der Waals surface area (Å²) in [7, 11) is -0.490. The highest BCUT2D eigenvalue weighted by Crippen LogP contribution is 2.36. The monoisotopic (exact) mass is 278 g/mol. The van der Waals surface area contributed by atoms with Gasteiger partial charge in [0, 0.05) is 6.20 Å². The maximum atomic E-state index is 5.93. The van der Waals surface area contributed by atoms with E-state index in [2.05, 4.69) is 9.97 Å². The smallest absolute Gasteiger partial charge is 0.471 e. The molecule has 0 atom stereocenters. The molecule has 2 rings (SSSR count). The van der Waals surface area contributed by atoms with Crippen molar-refractivity contribution < 1.29 is 14.0 Å². The fourth-order valence-electron chi connectivity index (χ4n) is 1.78. The molecule has 2 heterocycles. The van der Waals surface area contributed by atoms with Crippen LogP contribution in [0, 0.1) is 0 Å². The summed E-state index contributed by atoms with van der Waals surface area (Å²) in [6.07, 6.45) is 3.24. The van der Waals surface area contributed by atoms with Gasteiger partial charge in [0.25, 0.3) is 0 Å². The van der Waals surface area contributed by atoms with Crippen LogP contribution in [-0.2, 0) is 9.31 Å². The fraction of sp³-hybridized carbons (Fsp3) is 0.714. The largest absolute Gasteiger partial charge is 0.516 e. The average molecular weight is 278 g/mol. The molecule has 1 aromatic rings. The minimum Gasteiger partial charge on any atom is -0.471 e. The second kappa shape index (κ2) is 4.70. The molecule has 6 heteroatoms. The van der Waals surface area contributed by atoms with Crippen molar-refractivity contribution in [3.63, 3.8) is 0 Å². The molecule has 1 fully saturated rings. The summed E-state index contributed by atoms with van der Waals surface area (Å²) in [5.41, 5.74) is -0.384. The number of ether oxygens (including phenoxy) is 1. The van der Waals surface area contributed by atoms with Crippen LogP contribution in [0.2, 0.25) is 0 Å². The van der Waals surface area contributed by atoms with Gasteiger partial charge in [0.15, 0.2) is 0 Å². The molecule has 0 aliphatic carbocycles. The van der Waals surface area contributed by atoms with E-state index in [1.165, 1.54) is 0 Å². The van der Waals surface area contributed by atoms with E-state index >= 15 is 0 Å². The van der Waals surface area contributed by atoms with Gasteiger partial charge in [-0.1, -0.05) is 0 Å². The van der Waals surface area contributed by atoms with Gasteiger partial charge in [-0.15, -0.1) is 0 Å². The third kappa shape index (κ3) is 3.12. The summed E-state index contributed by atoms with van der Waals surface area (Å²) in [5.74, 6) is 0.498. The summed E-state index contributed by atoms with van der Waals surface area (Å²) in [4.78, 5) is 8.60. The van der Waals surface area contributed by atoms with Crippen molar-refractivity contribution in [1.82, 2.24) is 9.97 Å². The number of rotatable bonds is 2. The van der Waals surface area contributed by atoms with Crippen LogP contribution in [0.5, 0.6) is 5.88 Å². The maximum absolute atomic E-state index is 5.93. The van der Waals surface area contributed by atoms with Crippen LogP contribution in [0.3, 0.4) is 0 Å². The van der Waals surface area contributed by atoms with Crippen molar-refractivity contribution in [2.24, 2.45) is 0 Å². The van der Waals surface area contributed by atoms with Gasteiger partial charge >= 0.3 is 7.12 Å². The molecule has 0 amide bonds. The third-order valence-electron chi connectivity index (χ3n) is 3.55. The summed E-state index contributed by atoms with van der Waals surface area (Å²) in [6.45, 7) is 14.0. The molecule has 0 bridgehead atoms. The number of nitrogens with zero attached hydrogens (tertiary/aromatic N) is 2. The van der Waals surface area contributed by atoms with Crippen LogP contribution in [0.4, 0.5) is 0 Å². The SMILES string of the molecule is CC(C)(C)Oc1cnc(B2OC(C)(C)C(C)(C)O2)cn1. The molecule has 0 saturated carbocycles. The first-order valence-corrected chi connectivity index (χ1v) is 6.87. The standard InChI is InChI=1S/C14H23BN2O3/c1-12(2,3)18-11-9-16-10(8-17-11)15-19-13(4,5)14(6,7)20-15/h8-9H,1-7H3. The van der Waals surface area contributed by atoms with E-state index in [1.807, 2.05) is 48.5 Å². The molecule has 110 valence electrons. The minimum absolute atomic E-state index is 0.291. The molecule has 1 saturated heterocycles. The Morgan fingerprint density at radius 2 is 1.55 bits per heavy atom. The predicted molar refractivity (Wildman–Crippen MR) is 78.1 cm³/mol. The van der Waals surface area contributed by atoms with E-state index in [4.69, 9.17) is 14.0 Å². The molecule has 1 aromatic heterocycles. The molecule has 0 aromatic carbocycles. The van der Waals surface area contributed by atoms with Crippen molar-refractivity contribution in [3.8, 4) is 5.88 Å². The lowest BCUT2D eigenvalue weighted by atomic mass is 9.85. The highest BCUT2D eigenvalue weighted by Gasteiger charge is 2.52. The number of hydrogen-bond donors (Lipinski definition) is 0. The zero-order chi connectivity index (χ0) is 15.2. The Hall–Kier alpha value is -1.14. The fourth-order valence-corrected chi connectivity index (χ4v) is 1.78. The van der Waals surface area contributed by atoms with Gasteiger partial charge in [0.2, 0.25) is 5.88 Å². The van der Waals surface area contributed by atoms with Gasteiger partial charge < -0.3 is 14.0 Å². The van der Waals surface area contributed by atoms with Crippen molar-refractivity contribution in [2.75, 3.05) is 0 Å². The first-order valence-electron chi connectivity index (χ1n) is 6.87. The van der Waals surface area contributed by atoms with Crippen LogP contribution in [0.15, 0.2) is 12.4 Å². The van der Waals surface area contributed by atoms with Gasteiger partial charge in [-0.05, 0) is 48.5 Å². The van der Waals surface area contributed by atoms with Crippen molar-refractivity contribution >= 4 is 12.7 Å². The van der Waals surface area contributed by atoms with Crippen molar-refractivity contribution in [3.05, 3.63) is 12.4 Å². The maximum Gasteiger partial charge on any atom is 0.516 e. The van der Waals surface area contributed by atoms with E-state index in [0.717, 1.165) is 0 Å². The van der Waals surface area contributed by atoms with Crippen LogP contribution < -0.4 is 10.3 Å². The van der Waals surface area contributed by atoms with E-state index in [0.29, 0.717) is 11.5 Å². The third-order valence-corrected chi connectivity index (χ3v) is 3.55. The summed E-state index contributed by atoms with van der Waals surface area (Å²) in [6, 6.07) is 0. The zero-order valence-electron chi connectivity index (χ0n) is 13.4. The quantitative estimate of drug-likeness (QED) is 0.774. The van der Waals surface area contributed by atoms with Crippen LogP contribution in [0.25, 0.3) is 0 Å². The summed E-state index contributed by atoms with van der Waals surface area (Å²) in [5, 5.41) is 0. The molecular weight excluding hydrogens is 255 g/mol. The number of aromatic nitrogens is 2. The summed E-state index contributed by atoms with van der Waals surface area (Å²) >= 11 is 0. The van der Waals surface area contributed by atoms with Gasteiger partial charge in [-0.2, -0.15) is 0 Å². The van der Waals surface area contributed by atoms with Crippen molar-refractivity contribution in [2.45, 2.75) is 65.3 Å². The Bertz CT molecular complexity index is 464. The lowest BCUT2D eigenvalue weighted by Gasteiger charge is -2.32. The van der Waals surface area contributed by atoms with Crippen LogP contribution in [0.1, 0.15) is 48.5 Å². The van der Waals surface area contributed by atoms with Crippen molar-refractivity contribution in [1.29, 1.82) is 0 Å². The van der Waals surface area contributed by atoms with E-state index in [9.17, 15) is 0 Å². The van der Waals surface area contributed by atoms with E-state index in [1.54, 1.807) is 12.4 Å². The number of hydrogen-bond acceptors (Lipinski definition) is 5. The molecule has 0 spiro atoms. The molecular formula is C14H23BN2O3. The van der Waals surface area contributed by atoms with Gasteiger partial charge in [-0.3, -0.25) is 4.98 Å². The van der Waals surface area contributed by atoms with E-state index in [-0.39, 0.29) is 16.8 Å². The van der Waals surface area contributed by atoms with Gasteiger partial charge in [-0.25, -0.2) is 4.98 Å². The molecule has 0 unspecified atom stereocenters. The summed E-state index contributed by atoms with van der Waals surface area (Å²) < 4.78 is 17.5. The average Bonchev–Trinajstić information content (AvgIpc) is 2.47. The highest BCUT2D eigenvalue weighted by atomic mass is 16.7. The Morgan fingerprint density at radius 3 is 1.95 bits per heavy atom. The van der Waals surface area contributed by atoms with Crippen LogP contribution in [-0.4, -0.2) is 33.9 Å². The second-order valence-corrected chi connectivity index (χ2v) is 7.08. The molecule has 1 aliphatic heterocycles. The highest BCUT2D eigenvalue weighted by molar-refractivity contribution is 6.61. The Morgan fingerprint density at radius 1 is 1.00 bits per heavy atom. The van der Waals surface area contributed by atoms with E-state index < -0.39 is 7.12 Å². The normalized spacial score (nSPS) is 21.1. The molecule has 1 aliphatic rings.